The fourth-order valence-corrected chi connectivity index (χ4v) is 0. The summed E-state index contributed by atoms with van der Waals surface area (Å²) in [6, 6.07) is -2.32. The third-order valence-corrected chi connectivity index (χ3v) is 0.168. The standard InChI is InChI=1S/C2HFO3.BO3.3Li/c3-1(4)2(5)6;2-1(3)4;;;/h(H,5,6);;;;/q;-3;3*+1. The Morgan fingerprint density at radius 2 is 1.15 bits per heavy atom. The summed E-state index contributed by atoms with van der Waals surface area (Å²) in [6.07, 6.45) is 0. The van der Waals surface area contributed by atoms with Gasteiger partial charge in [-0.15, -0.1) is 0 Å². The Morgan fingerprint density at radius 1 is 1.08 bits per heavy atom. The summed E-state index contributed by atoms with van der Waals surface area (Å²) in [6.45, 7) is 0. The average molecular weight is 172 g/mol. The molecule has 1 N–H and O–H groups in total. The van der Waals surface area contributed by atoms with E-state index in [0.717, 1.165) is 0 Å². The summed E-state index contributed by atoms with van der Waals surface area (Å²) in [4.78, 5) is 17.9. The van der Waals surface area contributed by atoms with Crippen LogP contribution in [0.2, 0.25) is 0 Å². The topological polar surface area (TPSA) is 124 Å². The van der Waals surface area contributed by atoms with E-state index in [2.05, 4.69) is 0 Å². The second kappa shape index (κ2) is 18.6. The number of carbonyl (C=O) groups is 2. The first kappa shape index (κ1) is 29.2. The molecule has 0 saturated heterocycles. The van der Waals surface area contributed by atoms with Crippen molar-refractivity contribution in [2.24, 2.45) is 0 Å². The zero-order chi connectivity index (χ0) is 8.73. The average Bonchev–Trinajstić information content (AvgIpc) is 1.63. The molecule has 0 atom stereocenters. The molecule has 0 aromatic carbocycles. The summed E-state index contributed by atoms with van der Waals surface area (Å²) >= 11 is 0. The molecule has 0 aliphatic heterocycles. The van der Waals surface area contributed by atoms with E-state index in [1.807, 2.05) is 0 Å². The molecule has 0 aromatic rings. The quantitative estimate of drug-likeness (QED) is 0.237. The van der Waals surface area contributed by atoms with Gasteiger partial charge in [0.2, 0.25) is 0 Å². The van der Waals surface area contributed by atoms with Crippen molar-refractivity contribution in [2.45, 2.75) is 0 Å². The third kappa shape index (κ3) is 64.7. The Kier molecular flexibility index (Phi) is 41.7. The van der Waals surface area contributed by atoms with Crippen molar-refractivity contribution in [1.82, 2.24) is 0 Å². The van der Waals surface area contributed by atoms with Crippen LogP contribution in [0, 0.1) is 0 Å². The molecular formula is C2HBFLi3O6. The minimum absolute atomic E-state index is 0. The van der Waals surface area contributed by atoms with Gasteiger partial charge in [0.25, 0.3) is 0 Å². The number of rotatable bonds is 1. The third-order valence-electron chi connectivity index (χ3n) is 0.168. The van der Waals surface area contributed by atoms with Gasteiger partial charge < -0.3 is 20.2 Å². The molecule has 0 aliphatic carbocycles. The van der Waals surface area contributed by atoms with E-state index in [1.54, 1.807) is 0 Å². The Hall–Kier alpha value is 0.807. The molecule has 0 aliphatic rings. The Labute approximate surface area is 110 Å². The van der Waals surface area contributed by atoms with Crippen LogP contribution in [0.5, 0.6) is 0 Å². The first-order valence-electron chi connectivity index (χ1n) is 1.78. The second-order valence-corrected chi connectivity index (χ2v) is 0.868. The van der Waals surface area contributed by atoms with Gasteiger partial charge in [-0.25, -0.2) is 9.59 Å². The predicted octanol–water partition coefficient (Wildman–Crippen LogP) is -13.4. The van der Waals surface area contributed by atoms with Gasteiger partial charge in [0.15, 0.2) is 0 Å². The van der Waals surface area contributed by atoms with E-state index >= 15 is 0 Å². The van der Waals surface area contributed by atoms with E-state index in [0.29, 0.717) is 0 Å². The normalized spacial score (nSPS) is 5.54. The number of hydrogen-bond donors (Lipinski definition) is 1. The van der Waals surface area contributed by atoms with Gasteiger partial charge in [-0.2, -0.15) is 4.39 Å². The smallest absolute Gasteiger partial charge is 0.907 e. The molecule has 58 valence electrons. The molecule has 0 amide bonds. The summed E-state index contributed by atoms with van der Waals surface area (Å²) in [7, 11) is -2.92. The summed E-state index contributed by atoms with van der Waals surface area (Å²) < 4.78 is 10.6. The first-order valence-corrected chi connectivity index (χ1v) is 1.78. The fourth-order valence-electron chi connectivity index (χ4n) is 0. The van der Waals surface area contributed by atoms with Crippen LogP contribution < -0.4 is 71.7 Å². The van der Waals surface area contributed by atoms with Crippen LogP contribution in [0.25, 0.3) is 0 Å². The number of aliphatic carboxylic acids is 1. The van der Waals surface area contributed by atoms with E-state index in [9.17, 15) is 4.39 Å². The zero-order valence-corrected chi connectivity index (χ0v) is 7.44. The van der Waals surface area contributed by atoms with Crippen molar-refractivity contribution < 1.29 is 90.7 Å². The zero-order valence-electron chi connectivity index (χ0n) is 7.44. The van der Waals surface area contributed by atoms with E-state index in [4.69, 9.17) is 29.8 Å². The van der Waals surface area contributed by atoms with Crippen LogP contribution in [-0.2, 0) is 9.59 Å². The molecule has 13 heavy (non-hydrogen) atoms. The number of halogens is 1. The molecule has 0 fully saturated rings. The number of hydrogen-bond acceptors (Lipinski definition) is 5. The molecular weight excluding hydrogens is 171 g/mol. The summed E-state index contributed by atoms with van der Waals surface area (Å²) in [5.41, 5.74) is 0. The first-order chi connectivity index (χ1) is 4.37. The minimum atomic E-state index is -2.92. The van der Waals surface area contributed by atoms with Gasteiger partial charge in [0, 0.05) is 0 Å². The summed E-state index contributed by atoms with van der Waals surface area (Å²) in [5, 5.41) is 32.5. The predicted molar refractivity (Wildman–Crippen MR) is 19.5 cm³/mol. The van der Waals surface area contributed by atoms with Crippen molar-refractivity contribution in [3.05, 3.63) is 0 Å². The van der Waals surface area contributed by atoms with Gasteiger partial charge in [-0.1, -0.05) is 0 Å². The molecule has 0 aromatic heterocycles. The molecule has 11 heteroatoms. The van der Waals surface area contributed by atoms with Gasteiger partial charge >= 0.3 is 68.6 Å². The van der Waals surface area contributed by atoms with Crippen LogP contribution in [0.3, 0.4) is 0 Å². The van der Waals surface area contributed by atoms with E-state index < -0.39 is 19.3 Å². The molecule has 0 heterocycles. The molecule has 0 radical (unpaired) electrons. The van der Waals surface area contributed by atoms with Crippen molar-refractivity contribution in [2.75, 3.05) is 0 Å². The van der Waals surface area contributed by atoms with Crippen molar-refractivity contribution in [3.63, 3.8) is 0 Å². The van der Waals surface area contributed by atoms with Crippen molar-refractivity contribution >= 4 is 19.3 Å². The molecule has 0 saturated carbocycles. The maximum Gasteiger partial charge on any atom is 1.00 e. The molecule has 0 bridgehead atoms. The molecule has 0 unspecified atom stereocenters. The van der Waals surface area contributed by atoms with Gasteiger partial charge in [0.05, 0.1) is 0 Å². The van der Waals surface area contributed by atoms with Gasteiger partial charge in [0.1, 0.15) is 0 Å². The molecule has 0 rings (SSSR count). The van der Waals surface area contributed by atoms with Gasteiger partial charge in [-0.3, -0.25) is 7.32 Å². The number of carboxylic acid groups (broad SMARTS) is 1. The van der Waals surface area contributed by atoms with Crippen LogP contribution in [0.15, 0.2) is 0 Å². The Morgan fingerprint density at radius 3 is 1.15 bits per heavy atom. The monoisotopic (exact) mass is 172 g/mol. The molecule has 0 spiro atoms. The minimum Gasteiger partial charge on any atom is -0.907 e. The summed E-state index contributed by atoms with van der Waals surface area (Å²) in [5.74, 6) is -2.05. The Balaban J connectivity index is -0.0000000279. The van der Waals surface area contributed by atoms with Crippen LogP contribution in [0.4, 0.5) is 4.39 Å². The maximum atomic E-state index is 10.6. The SMILES string of the molecule is O=C(O)C(=O)F.[Li+].[Li+].[Li+].[O-]B([O-])[O-]. The van der Waals surface area contributed by atoms with E-state index in [1.165, 1.54) is 0 Å². The molecule has 6 nitrogen and oxygen atoms in total. The van der Waals surface area contributed by atoms with Crippen LogP contribution in [0.1, 0.15) is 0 Å². The number of carboxylic acids is 1. The van der Waals surface area contributed by atoms with Crippen LogP contribution in [-0.4, -0.2) is 24.4 Å². The largest absolute Gasteiger partial charge is 1.00 e. The second-order valence-electron chi connectivity index (χ2n) is 0.868. The van der Waals surface area contributed by atoms with Crippen molar-refractivity contribution in [3.8, 4) is 0 Å². The Bertz CT molecular complexity index is 118. The van der Waals surface area contributed by atoms with E-state index in [-0.39, 0.29) is 56.6 Å². The fraction of sp³-hybridized carbons (Fsp3) is 0. The van der Waals surface area contributed by atoms with Crippen molar-refractivity contribution in [1.29, 1.82) is 0 Å². The maximum absolute atomic E-state index is 10.6. The van der Waals surface area contributed by atoms with Crippen LogP contribution >= 0.6 is 0 Å². The number of carbonyl (C=O) groups excluding carboxylic acids is 1. The van der Waals surface area contributed by atoms with Gasteiger partial charge in [-0.05, 0) is 0 Å².